The molecular weight excluding hydrogens is 477 g/mol. The molecule has 2 N–H and O–H groups in total. The largest absolute Gasteiger partial charge is 0.432 e. The zero-order valence-electron chi connectivity index (χ0n) is 24.6. The maximum atomic E-state index is 11.0. The van der Waals surface area contributed by atoms with Crippen LogP contribution in [0.1, 0.15) is 65.9 Å². The van der Waals surface area contributed by atoms with Gasteiger partial charge in [-0.3, -0.25) is 0 Å². The van der Waals surface area contributed by atoms with E-state index in [2.05, 4.69) is 110 Å². The highest BCUT2D eigenvalue weighted by molar-refractivity contribution is 6.74. The number of aliphatic hydroxyl groups excluding tert-OH is 1. The van der Waals surface area contributed by atoms with Crippen LogP contribution in [0.4, 0.5) is 0 Å². The third-order valence-corrected chi connectivity index (χ3v) is 17.3. The molecule has 0 spiro atoms. The molecule has 1 aliphatic rings. The van der Waals surface area contributed by atoms with Gasteiger partial charge in [0.25, 0.3) is 0 Å². The molecule has 0 aromatic heterocycles. The molecule has 0 unspecified atom stereocenters. The van der Waals surface area contributed by atoms with E-state index >= 15 is 0 Å². The first kappa shape index (κ1) is 31.2. The van der Waals surface area contributed by atoms with Gasteiger partial charge in [-0.05, 0) is 85.8 Å². The summed E-state index contributed by atoms with van der Waals surface area (Å²) in [5.74, 6) is 0.670. The Bertz CT molecular complexity index is 849. The summed E-state index contributed by atoms with van der Waals surface area (Å²) >= 11 is 0. The molecule has 1 aromatic rings. The lowest BCUT2D eigenvalue weighted by Crippen LogP contribution is -2.45. The summed E-state index contributed by atoms with van der Waals surface area (Å²) in [5, 5.41) is 11.0. The van der Waals surface area contributed by atoms with Crippen molar-refractivity contribution in [3.63, 3.8) is 0 Å². The minimum atomic E-state index is -2.33. The maximum absolute atomic E-state index is 11.0. The van der Waals surface area contributed by atoms with Crippen molar-refractivity contribution in [1.82, 2.24) is 0 Å². The first-order valence-corrected chi connectivity index (χ1v) is 19.8. The summed E-state index contributed by atoms with van der Waals surface area (Å²) in [4.78, 5) is 11.0. The van der Waals surface area contributed by atoms with E-state index in [-0.39, 0.29) is 34.1 Å². The number of hydrogen-bond donors (Lipinski definition) is 2. The van der Waals surface area contributed by atoms with Crippen LogP contribution >= 0.6 is 0 Å². The molecule has 0 heterocycles. The second kappa shape index (κ2) is 12.2. The van der Waals surface area contributed by atoms with E-state index in [4.69, 9.17) is 4.43 Å². The van der Waals surface area contributed by atoms with Crippen molar-refractivity contribution in [1.29, 1.82) is 0 Å². The van der Waals surface area contributed by atoms with Crippen molar-refractivity contribution in [3.05, 3.63) is 60.7 Å². The van der Waals surface area contributed by atoms with Gasteiger partial charge in [-0.2, -0.15) is 0 Å². The number of benzene rings is 1. The van der Waals surface area contributed by atoms with Crippen LogP contribution in [0.3, 0.4) is 0 Å². The SMILES string of the molecule is C=CC[C@@H]1[C@@H](/C=C/[C@H](CCc2ccccc2)CC(C)(C)[Si](C)(C)O)[C@H](O[Si](C)(C)C(C)(C)C)C[C@@H]1O. The zero-order valence-corrected chi connectivity index (χ0v) is 26.6. The van der Waals surface area contributed by atoms with E-state index in [0.717, 1.165) is 25.7 Å². The Labute approximate surface area is 224 Å². The Morgan fingerprint density at radius 3 is 2.22 bits per heavy atom. The molecule has 0 amide bonds. The number of rotatable bonds is 12. The zero-order chi connectivity index (χ0) is 27.4. The van der Waals surface area contributed by atoms with Crippen LogP contribution in [0.5, 0.6) is 0 Å². The first-order chi connectivity index (χ1) is 16.5. The van der Waals surface area contributed by atoms with E-state index < -0.39 is 16.6 Å². The molecule has 1 aromatic carbocycles. The maximum Gasteiger partial charge on any atom is 0.192 e. The van der Waals surface area contributed by atoms with Gasteiger partial charge in [0.2, 0.25) is 0 Å². The topological polar surface area (TPSA) is 49.7 Å². The average Bonchev–Trinajstić information content (AvgIpc) is 3.02. The van der Waals surface area contributed by atoms with Crippen LogP contribution in [0.2, 0.25) is 36.3 Å². The summed E-state index contributed by atoms with van der Waals surface area (Å²) in [7, 11) is -4.30. The molecule has 0 radical (unpaired) electrons. The van der Waals surface area contributed by atoms with Crippen molar-refractivity contribution >= 4 is 16.6 Å². The fraction of sp³-hybridized carbons (Fsp3) is 0.677. The minimum absolute atomic E-state index is 0.0357. The summed E-state index contributed by atoms with van der Waals surface area (Å²) in [6.07, 6.45) is 10.9. The van der Waals surface area contributed by atoms with Crippen molar-refractivity contribution in [2.24, 2.45) is 17.8 Å². The Morgan fingerprint density at radius 1 is 1.08 bits per heavy atom. The van der Waals surface area contributed by atoms with E-state index in [1.54, 1.807) is 0 Å². The highest BCUT2D eigenvalue weighted by Gasteiger charge is 2.47. The molecule has 5 heteroatoms. The van der Waals surface area contributed by atoms with Crippen LogP contribution in [-0.4, -0.2) is 38.7 Å². The van der Waals surface area contributed by atoms with Gasteiger partial charge < -0.3 is 14.3 Å². The molecule has 1 saturated carbocycles. The third-order valence-electron chi connectivity index (χ3n) is 9.26. The summed E-state index contributed by atoms with van der Waals surface area (Å²) in [5.41, 5.74) is 1.36. The Kier molecular flexibility index (Phi) is 10.6. The fourth-order valence-corrected chi connectivity index (χ4v) is 7.14. The average molecular weight is 531 g/mol. The molecule has 0 aliphatic heterocycles. The molecule has 5 atom stereocenters. The smallest absolute Gasteiger partial charge is 0.192 e. The van der Waals surface area contributed by atoms with Crippen molar-refractivity contribution in [3.8, 4) is 0 Å². The van der Waals surface area contributed by atoms with Gasteiger partial charge in [0.05, 0.1) is 12.2 Å². The lowest BCUT2D eigenvalue weighted by molar-refractivity contribution is 0.122. The molecule has 36 heavy (non-hydrogen) atoms. The van der Waals surface area contributed by atoms with Gasteiger partial charge in [0, 0.05) is 5.92 Å². The van der Waals surface area contributed by atoms with E-state index in [1.807, 2.05) is 6.08 Å². The standard InChI is InChI=1S/C31H54O3Si2/c1-11-15-26-27(29(22-28(26)32)34-36(9,10)30(2,3)4)21-20-25(23-31(5,6)35(7,8)33)19-18-24-16-13-12-14-17-24/h11-14,16-17,20-21,25-29,32-33H,1,15,18-19,22-23H2,2-10H3/b21-20+/t25-,26+,27+,28-,29+/m0/s1. The number of aliphatic hydroxyl groups is 1. The molecule has 0 saturated heterocycles. The van der Waals surface area contributed by atoms with Crippen LogP contribution in [0.25, 0.3) is 0 Å². The van der Waals surface area contributed by atoms with Gasteiger partial charge in [0.15, 0.2) is 16.6 Å². The molecule has 0 bridgehead atoms. The molecule has 204 valence electrons. The monoisotopic (exact) mass is 530 g/mol. The lowest BCUT2D eigenvalue weighted by Gasteiger charge is -2.40. The molecule has 1 aliphatic carbocycles. The van der Waals surface area contributed by atoms with Gasteiger partial charge in [0.1, 0.15) is 0 Å². The molecule has 3 nitrogen and oxygen atoms in total. The normalized spacial score (nSPS) is 24.9. The second-order valence-corrected chi connectivity index (χ2v) is 23.0. The fourth-order valence-electron chi connectivity index (χ4n) is 5.01. The Morgan fingerprint density at radius 2 is 1.69 bits per heavy atom. The highest BCUT2D eigenvalue weighted by Crippen LogP contribution is 2.46. The number of aryl methyl sites for hydroxylation is 1. The van der Waals surface area contributed by atoms with Gasteiger partial charge in [-0.25, -0.2) is 0 Å². The lowest BCUT2D eigenvalue weighted by atomic mass is 9.86. The first-order valence-electron chi connectivity index (χ1n) is 13.9. The molecular formula is C31H54O3Si2. The van der Waals surface area contributed by atoms with Gasteiger partial charge in [-0.1, -0.05) is 83.2 Å². The summed E-state index contributed by atoms with van der Waals surface area (Å²) in [6, 6.07) is 10.7. The van der Waals surface area contributed by atoms with Crippen LogP contribution in [0.15, 0.2) is 55.1 Å². The number of allylic oxidation sites excluding steroid dienone is 2. The van der Waals surface area contributed by atoms with Crippen LogP contribution in [0, 0.1) is 17.8 Å². The molecule has 2 rings (SSSR count). The second-order valence-electron chi connectivity index (χ2n) is 13.8. The number of hydrogen-bond acceptors (Lipinski definition) is 3. The third kappa shape index (κ3) is 8.26. The summed E-state index contributed by atoms with van der Waals surface area (Å²) < 4.78 is 6.90. The van der Waals surface area contributed by atoms with Crippen molar-refractivity contribution in [2.45, 2.75) is 115 Å². The minimum Gasteiger partial charge on any atom is -0.432 e. The van der Waals surface area contributed by atoms with E-state index in [9.17, 15) is 9.90 Å². The van der Waals surface area contributed by atoms with Gasteiger partial charge >= 0.3 is 0 Å². The quantitative estimate of drug-likeness (QED) is 0.212. The van der Waals surface area contributed by atoms with Crippen LogP contribution in [-0.2, 0) is 10.8 Å². The Balaban J connectivity index is 2.33. The van der Waals surface area contributed by atoms with E-state index in [1.165, 1.54) is 5.56 Å². The molecule has 1 fully saturated rings. The van der Waals surface area contributed by atoms with Gasteiger partial charge in [-0.15, -0.1) is 6.58 Å². The summed E-state index contributed by atoms with van der Waals surface area (Å²) in [6.45, 7) is 24.0. The predicted octanol–water partition coefficient (Wildman–Crippen LogP) is 8.12. The van der Waals surface area contributed by atoms with E-state index in [0.29, 0.717) is 12.3 Å². The van der Waals surface area contributed by atoms with Crippen LogP contribution < -0.4 is 0 Å². The van der Waals surface area contributed by atoms with Crippen molar-refractivity contribution < 1.29 is 14.3 Å². The Hall–Kier alpha value is -0.986. The predicted molar refractivity (Wildman–Crippen MR) is 160 cm³/mol. The highest BCUT2D eigenvalue weighted by atomic mass is 28.4. The van der Waals surface area contributed by atoms with Crippen molar-refractivity contribution in [2.75, 3.05) is 0 Å².